The van der Waals surface area contributed by atoms with Crippen molar-refractivity contribution in [2.75, 3.05) is 26.7 Å². The molecule has 0 spiro atoms. The van der Waals surface area contributed by atoms with Crippen LogP contribution in [0.15, 0.2) is 28.7 Å². The van der Waals surface area contributed by atoms with Gasteiger partial charge in [0.1, 0.15) is 17.1 Å². The first-order chi connectivity index (χ1) is 9.76. The van der Waals surface area contributed by atoms with E-state index in [4.69, 9.17) is 9.15 Å². The maximum atomic E-state index is 9.72. The van der Waals surface area contributed by atoms with Crippen LogP contribution in [0.3, 0.4) is 0 Å². The van der Waals surface area contributed by atoms with E-state index in [2.05, 4.69) is 10.6 Å². The van der Waals surface area contributed by atoms with Crippen molar-refractivity contribution in [3.8, 4) is 5.75 Å². The molecule has 2 heterocycles. The minimum absolute atomic E-state index is 0.248. The Kier molecular flexibility index (Phi) is 3.91. The standard InChI is InChI=1S/C15H20N2O3/c1-19-12-2-3-15-10(4-12)5-13(20-15)8-16-6-11-7-17-9-14(11)18/h2-5,11,14,16-18H,6-9H2,1H3. The fraction of sp³-hybridized carbons (Fsp3) is 0.467. The molecular weight excluding hydrogens is 256 g/mol. The topological polar surface area (TPSA) is 66.7 Å². The summed E-state index contributed by atoms with van der Waals surface area (Å²) < 4.78 is 11.0. The smallest absolute Gasteiger partial charge is 0.134 e. The van der Waals surface area contributed by atoms with E-state index in [-0.39, 0.29) is 12.0 Å². The lowest BCUT2D eigenvalue weighted by Gasteiger charge is -2.13. The number of β-amino-alcohol motifs (C(OH)–C–C–N with tert-alkyl or cyclic N) is 1. The highest BCUT2D eigenvalue weighted by atomic mass is 16.5. The molecule has 2 aromatic rings. The van der Waals surface area contributed by atoms with E-state index in [0.717, 1.165) is 35.6 Å². The summed E-state index contributed by atoms with van der Waals surface area (Å²) in [4.78, 5) is 0. The summed E-state index contributed by atoms with van der Waals surface area (Å²) in [6.45, 7) is 3.01. The average Bonchev–Trinajstić information content (AvgIpc) is 3.04. The Hall–Kier alpha value is -1.56. The first kappa shape index (κ1) is 13.4. The van der Waals surface area contributed by atoms with Crippen LogP contribution in [0.4, 0.5) is 0 Å². The molecule has 3 rings (SSSR count). The zero-order valence-electron chi connectivity index (χ0n) is 11.6. The van der Waals surface area contributed by atoms with Crippen LogP contribution in [0.1, 0.15) is 5.76 Å². The molecule has 0 saturated carbocycles. The predicted octanol–water partition coefficient (Wildman–Crippen LogP) is 1.11. The number of furan rings is 1. The molecule has 0 amide bonds. The summed E-state index contributed by atoms with van der Waals surface area (Å²) in [5, 5.41) is 17.3. The van der Waals surface area contributed by atoms with Crippen LogP contribution in [0.25, 0.3) is 11.0 Å². The fourth-order valence-electron chi connectivity index (χ4n) is 2.60. The zero-order valence-corrected chi connectivity index (χ0v) is 11.6. The first-order valence-electron chi connectivity index (χ1n) is 6.92. The van der Waals surface area contributed by atoms with Gasteiger partial charge in [-0.2, -0.15) is 0 Å². The molecule has 5 heteroatoms. The summed E-state index contributed by atoms with van der Waals surface area (Å²) >= 11 is 0. The highest BCUT2D eigenvalue weighted by Crippen LogP contribution is 2.24. The summed E-state index contributed by atoms with van der Waals surface area (Å²) in [6.07, 6.45) is -0.248. The van der Waals surface area contributed by atoms with Crippen LogP contribution in [-0.4, -0.2) is 38.0 Å². The molecule has 0 radical (unpaired) electrons. The molecular formula is C15H20N2O3. The van der Waals surface area contributed by atoms with Crippen LogP contribution in [0, 0.1) is 5.92 Å². The van der Waals surface area contributed by atoms with Crippen molar-refractivity contribution < 1.29 is 14.3 Å². The second-order valence-electron chi connectivity index (χ2n) is 5.23. The molecule has 108 valence electrons. The Morgan fingerprint density at radius 1 is 1.40 bits per heavy atom. The van der Waals surface area contributed by atoms with E-state index in [9.17, 15) is 5.11 Å². The quantitative estimate of drug-likeness (QED) is 0.763. The third kappa shape index (κ3) is 2.80. The van der Waals surface area contributed by atoms with Crippen LogP contribution < -0.4 is 15.4 Å². The Balaban J connectivity index is 1.60. The maximum Gasteiger partial charge on any atom is 0.134 e. The average molecular weight is 276 g/mol. The van der Waals surface area contributed by atoms with Gasteiger partial charge >= 0.3 is 0 Å². The van der Waals surface area contributed by atoms with Crippen molar-refractivity contribution in [1.29, 1.82) is 0 Å². The molecule has 1 saturated heterocycles. The van der Waals surface area contributed by atoms with Gasteiger partial charge < -0.3 is 24.9 Å². The third-order valence-corrected chi connectivity index (χ3v) is 3.78. The zero-order chi connectivity index (χ0) is 13.9. The lowest BCUT2D eigenvalue weighted by atomic mass is 10.1. The van der Waals surface area contributed by atoms with Crippen molar-refractivity contribution in [2.24, 2.45) is 5.92 Å². The number of hydrogen-bond acceptors (Lipinski definition) is 5. The van der Waals surface area contributed by atoms with Crippen molar-refractivity contribution in [3.05, 3.63) is 30.0 Å². The van der Waals surface area contributed by atoms with Gasteiger partial charge in [0.15, 0.2) is 0 Å². The number of aliphatic hydroxyl groups is 1. The van der Waals surface area contributed by atoms with E-state index in [1.54, 1.807) is 7.11 Å². The predicted molar refractivity (Wildman–Crippen MR) is 76.8 cm³/mol. The first-order valence-corrected chi connectivity index (χ1v) is 6.92. The van der Waals surface area contributed by atoms with Gasteiger partial charge in [-0.05, 0) is 24.3 Å². The number of nitrogens with one attached hydrogen (secondary N) is 2. The monoisotopic (exact) mass is 276 g/mol. The number of fused-ring (bicyclic) bond motifs is 1. The molecule has 1 fully saturated rings. The van der Waals surface area contributed by atoms with Gasteiger partial charge in [0.05, 0.1) is 19.8 Å². The van der Waals surface area contributed by atoms with Gasteiger partial charge in [-0.25, -0.2) is 0 Å². The second-order valence-corrected chi connectivity index (χ2v) is 5.23. The van der Waals surface area contributed by atoms with Crippen molar-refractivity contribution in [2.45, 2.75) is 12.6 Å². The molecule has 1 aromatic heterocycles. The molecule has 5 nitrogen and oxygen atoms in total. The molecule has 0 aliphatic carbocycles. The normalized spacial score (nSPS) is 22.5. The molecule has 1 aromatic carbocycles. The number of methoxy groups -OCH3 is 1. The van der Waals surface area contributed by atoms with E-state index < -0.39 is 0 Å². The Morgan fingerprint density at radius 3 is 3.05 bits per heavy atom. The molecule has 2 atom stereocenters. The Morgan fingerprint density at radius 2 is 2.30 bits per heavy atom. The second kappa shape index (κ2) is 5.83. The van der Waals surface area contributed by atoms with Gasteiger partial charge in [-0.3, -0.25) is 0 Å². The van der Waals surface area contributed by atoms with E-state index >= 15 is 0 Å². The van der Waals surface area contributed by atoms with E-state index in [1.165, 1.54) is 0 Å². The lowest BCUT2D eigenvalue weighted by Crippen LogP contribution is -2.30. The molecule has 0 bridgehead atoms. The van der Waals surface area contributed by atoms with Gasteiger partial charge in [0.25, 0.3) is 0 Å². The van der Waals surface area contributed by atoms with Gasteiger partial charge in [0, 0.05) is 30.9 Å². The van der Waals surface area contributed by atoms with Crippen molar-refractivity contribution in [1.82, 2.24) is 10.6 Å². The van der Waals surface area contributed by atoms with Gasteiger partial charge in [-0.15, -0.1) is 0 Å². The minimum atomic E-state index is -0.248. The molecule has 20 heavy (non-hydrogen) atoms. The maximum absolute atomic E-state index is 9.72. The molecule has 3 N–H and O–H groups in total. The summed E-state index contributed by atoms with van der Waals surface area (Å²) in [6, 6.07) is 7.80. The third-order valence-electron chi connectivity index (χ3n) is 3.78. The van der Waals surface area contributed by atoms with E-state index in [1.807, 2.05) is 24.3 Å². The lowest BCUT2D eigenvalue weighted by molar-refractivity contribution is 0.146. The summed E-state index contributed by atoms with van der Waals surface area (Å²) in [5.74, 6) is 2.01. The number of benzene rings is 1. The highest BCUT2D eigenvalue weighted by molar-refractivity contribution is 5.79. The van der Waals surface area contributed by atoms with Crippen molar-refractivity contribution in [3.63, 3.8) is 0 Å². The molecule has 1 aliphatic heterocycles. The van der Waals surface area contributed by atoms with Gasteiger partial charge in [0.2, 0.25) is 0 Å². The number of rotatable bonds is 5. The van der Waals surface area contributed by atoms with Crippen molar-refractivity contribution >= 4 is 11.0 Å². The Labute approximate surface area is 117 Å². The van der Waals surface area contributed by atoms with E-state index in [0.29, 0.717) is 13.1 Å². The fourth-order valence-corrected chi connectivity index (χ4v) is 2.60. The minimum Gasteiger partial charge on any atom is -0.497 e. The SMILES string of the molecule is COc1ccc2oc(CNCC3CNCC3O)cc2c1. The van der Waals surface area contributed by atoms with Crippen LogP contribution in [0.5, 0.6) is 5.75 Å². The number of aliphatic hydroxyl groups excluding tert-OH is 1. The summed E-state index contributed by atoms with van der Waals surface area (Å²) in [7, 11) is 1.66. The molecule has 1 aliphatic rings. The van der Waals surface area contributed by atoms with Gasteiger partial charge in [-0.1, -0.05) is 0 Å². The van der Waals surface area contributed by atoms with Crippen LogP contribution in [-0.2, 0) is 6.54 Å². The highest BCUT2D eigenvalue weighted by Gasteiger charge is 2.24. The number of hydrogen-bond donors (Lipinski definition) is 3. The molecule has 2 unspecified atom stereocenters. The summed E-state index contributed by atoms with van der Waals surface area (Å²) in [5.41, 5.74) is 0.866. The van der Waals surface area contributed by atoms with Crippen LogP contribution >= 0.6 is 0 Å². The Bertz CT molecular complexity index is 582. The number of ether oxygens (including phenoxy) is 1. The van der Waals surface area contributed by atoms with Crippen LogP contribution in [0.2, 0.25) is 0 Å². The largest absolute Gasteiger partial charge is 0.497 e.